The summed E-state index contributed by atoms with van der Waals surface area (Å²) in [6.45, 7) is 22.1. The first-order valence-corrected chi connectivity index (χ1v) is 18.6. The van der Waals surface area contributed by atoms with E-state index in [0.29, 0.717) is 5.04 Å². The molecule has 0 bridgehead atoms. The Morgan fingerprint density at radius 2 is 1.23 bits per heavy atom. The topological polar surface area (TPSA) is 55.2 Å². The SMILES string of the molecule is CC(C)(C)[Si](C)(C)Cl.CC(C)(C)[Si](C)(C)Oc1ccc(Br)nc1.Oc1ccc(Br)nc1. The van der Waals surface area contributed by atoms with Crippen LogP contribution in [0.1, 0.15) is 41.5 Å². The Morgan fingerprint density at radius 1 is 0.806 bits per heavy atom. The summed E-state index contributed by atoms with van der Waals surface area (Å²) in [5.41, 5.74) is 0. The van der Waals surface area contributed by atoms with Crippen LogP contribution in [0.5, 0.6) is 11.5 Å². The Balaban J connectivity index is 0.000000477. The van der Waals surface area contributed by atoms with E-state index < -0.39 is 15.7 Å². The minimum absolute atomic E-state index is 0.188. The van der Waals surface area contributed by atoms with Gasteiger partial charge in [-0.1, -0.05) is 54.6 Å². The summed E-state index contributed by atoms with van der Waals surface area (Å²) in [5, 5.41) is 9.24. The molecule has 0 unspecified atom stereocenters. The Bertz CT molecular complexity index is 751. The van der Waals surface area contributed by atoms with E-state index in [9.17, 15) is 0 Å². The van der Waals surface area contributed by atoms with Crippen molar-refractivity contribution in [3.63, 3.8) is 0 Å². The molecule has 0 radical (unpaired) electrons. The maximum absolute atomic E-state index is 8.67. The predicted octanol–water partition coefficient (Wildman–Crippen LogP) is 9.01. The van der Waals surface area contributed by atoms with Gasteiger partial charge in [0.1, 0.15) is 20.7 Å². The molecule has 176 valence electrons. The van der Waals surface area contributed by atoms with Crippen molar-refractivity contribution in [2.24, 2.45) is 0 Å². The summed E-state index contributed by atoms with van der Waals surface area (Å²) in [7, 11) is -3.10. The van der Waals surface area contributed by atoms with Crippen LogP contribution in [0.3, 0.4) is 0 Å². The molecule has 0 aromatic carbocycles. The van der Waals surface area contributed by atoms with Crippen LogP contribution in [0.15, 0.2) is 45.9 Å². The number of nitrogens with zero attached hydrogens (tertiary/aromatic N) is 2. The third-order valence-corrected chi connectivity index (χ3v) is 15.9. The van der Waals surface area contributed by atoms with Crippen molar-refractivity contribution >= 4 is 58.6 Å². The van der Waals surface area contributed by atoms with Crippen molar-refractivity contribution in [1.82, 2.24) is 9.97 Å². The molecule has 0 aliphatic rings. The molecule has 4 nitrogen and oxygen atoms in total. The Hall–Kier alpha value is -0.416. The number of halogens is 3. The van der Waals surface area contributed by atoms with Gasteiger partial charge in [-0.25, -0.2) is 9.97 Å². The van der Waals surface area contributed by atoms with Crippen LogP contribution < -0.4 is 4.43 Å². The summed E-state index contributed by atoms with van der Waals surface area (Å²) in [6, 6.07) is 7.10. The van der Waals surface area contributed by atoms with Crippen LogP contribution in [0, 0.1) is 0 Å². The highest BCUT2D eigenvalue weighted by Gasteiger charge is 2.39. The van der Waals surface area contributed by atoms with E-state index in [1.165, 1.54) is 6.20 Å². The molecule has 0 atom stereocenters. The lowest BCUT2D eigenvalue weighted by Gasteiger charge is -2.36. The first-order chi connectivity index (χ1) is 13.8. The maximum Gasteiger partial charge on any atom is 0.250 e. The van der Waals surface area contributed by atoms with Gasteiger partial charge in [-0.2, -0.15) is 11.1 Å². The van der Waals surface area contributed by atoms with Crippen LogP contribution in [0.4, 0.5) is 0 Å². The summed E-state index contributed by atoms with van der Waals surface area (Å²) < 4.78 is 7.65. The average molecular weight is 613 g/mol. The molecule has 2 rings (SSSR count). The fourth-order valence-electron chi connectivity index (χ4n) is 1.24. The van der Waals surface area contributed by atoms with Crippen LogP contribution in [-0.2, 0) is 0 Å². The van der Waals surface area contributed by atoms with E-state index in [1.807, 2.05) is 12.1 Å². The molecule has 2 heterocycles. The van der Waals surface area contributed by atoms with Crippen molar-refractivity contribution in [1.29, 1.82) is 0 Å². The number of pyridine rings is 2. The number of rotatable bonds is 2. The second kappa shape index (κ2) is 12.2. The molecule has 0 fully saturated rings. The monoisotopic (exact) mass is 610 g/mol. The molecule has 0 saturated heterocycles. The lowest BCUT2D eigenvalue weighted by Crippen LogP contribution is -2.43. The van der Waals surface area contributed by atoms with Gasteiger partial charge < -0.3 is 9.53 Å². The van der Waals surface area contributed by atoms with Crippen LogP contribution >= 0.6 is 42.9 Å². The lowest BCUT2D eigenvalue weighted by molar-refractivity contribution is 0.472. The highest BCUT2D eigenvalue weighted by atomic mass is 79.9. The van der Waals surface area contributed by atoms with E-state index in [-0.39, 0.29) is 10.8 Å². The average Bonchev–Trinajstić information content (AvgIpc) is 2.58. The van der Waals surface area contributed by atoms with Gasteiger partial charge in [0.05, 0.1) is 12.4 Å². The third kappa shape index (κ3) is 12.4. The van der Waals surface area contributed by atoms with Crippen LogP contribution in [-0.4, -0.2) is 30.8 Å². The summed E-state index contributed by atoms with van der Waals surface area (Å²) >= 11 is 12.6. The molecule has 0 spiro atoms. The third-order valence-electron chi connectivity index (χ3n) is 5.37. The number of hydrogen-bond donors (Lipinski definition) is 1. The molecule has 0 aliphatic heterocycles. The second-order valence-electron chi connectivity index (χ2n) is 10.2. The zero-order valence-electron chi connectivity index (χ0n) is 20.3. The van der Waals surface area contributed by atoms with Crippen molar-refractivity contribution < 1.29 is 9.53 Å². The predicted molar refractivity (Wildman–Crippen MR) is 146 cm³/mol. The number of aromatic hydroxyl groups is 1. The molecule has 0 saturated carbocycles. The Labute approximate surface area is 212 Å². The zero-order valence-corrected chi connectivity index (χ0v) is 26.3. The highest BCUT2D eigenvalue weighted by Crippen LogP contribution is 2.38. The van der Waals surface area contributed by atoms with Gasteiger partial charge in [-0.3, -0.25) is 0 Å². The van der Waals surface area contributed by atoms with Crippen molar-refractivity contribution in [2.75, 3.05) is 0 Å². The van der Waals surface area contributed by atoms with Gasteiger partial charge in [0.25, 0.3) is 8.32 Å². The summed E-state index contributed by atoms with van der Waals surface area (Å²) in [4.78, 5) is 7.90. The van der Waals surface area contributed by atoms with Gasteiger partial charge >= 0.3 is 0 Å². The summed E-state index contributed by atoms with van der Waals surface area (Å²) in [5.74, 6) is 1.05. The molecule has 2 aromatic heterocycles. The standard InChI is InChI=1S/C11H18BrNOSi.C6H15ClSi.C5H4BrNO/c1-11(2,3)15(4,5)14-9-6-7-10(12)13-8-9;1-6(2,3)8(4,5)7;6-5-2-1-4(8)3-7-5/h6-8H,1-5H3;1-5H3;1-3,8H. The van der Waals surface area contributed by atoms with Gasteiger partial charge in [0.2, 0.25) is 0 Å². The first kappa shape index (κ1) is 30.6. The van der Waals surface area contributed by atoms with Crippen LogP contribution in [0.2, 0.25) is 36.3 Å². The molecule has 2 aromatic rings. The molecular formula is C22H37Br2ClN2O2Si2. The van der Waals surface area contributed by atoms with Gasteiger partial charge in [0, 0.05) is 0 Å². The normalized spacial score (nSPS) is 12.2. The van der Waals surface area contributed by atoms with Crippen molar-refractivity contribution in [3.8, 4) is 11.5 Å². The highest BCUT2D eigenvalue weighted by molar-refractivity contribution is 9.10. The van der Waals surface area contributed by atoms with Gasteiger partial charge in [-0.05, 0) is 79.3 Å². The van der Waals surface area contributed by atoms with E-state index in [2.05, 4.69) is 110 Å². The Kier molecular flexibility index (Phi) is 12.0. The lowest BCUT2D eigenvalue weighted by atomic mass is 10.2. The van der Waals surface area contributed by atoms with E-state index in [1.54, 1.807) is 18.3 Å². The smallest absolute Gasteiger partial charge is 0.250 e. The fourth-order valence-corrected chi connectivity index (χ4v) is 2.72. The minimum Gasteiger partial charge on any atom is -0.542 e. The summed E-state index contributed by atoms with van der Waals surface area (Å²) in [6.07, 6.45) is 3.15. The van der Waals surface area contributed by atoms with Gasteiger partial charge in [0.15, 0.2) is 7.38 Å². The molecule has 1 N–H and O–H groups in total. The quantitative estimate of drug-likeness (QED) is 0.209. The minimum atomic E-state index is -1.72. The number of aromatic nitrogens is 2. The van der Waals surface area contributed by atoms with E-state index in [4.69, 9.17) is 20.6 Å². The molecule has 31 heavy (non-hydrogen) atoms. The first-order valence-electron chi connectivity index (χ1n) is 10.1. The van der Waals surface area contributed by atoms with E-state index in [0.717, 1.165) is 15.0 Å². The zero-order chi connectivity index (χ0) is 24.7. The number of hydrogen-bond acceptors (Lipinski definition) is 4. The van der Waals surface area contributed by atoms with Crippen molar-refractivity contribution in [3.05, 3.63) is 45.9 Å². The van der Waals surface area contributed by atoms with Crippen LogP contribution in [0.25, 0.3) is 0 Å². The molecule has 0 aliphatic carbocycles. The Morgan fingerprint density at radius 3 is 1.48 bits per heavy atom. The molecule has 9 heteroatoms. The second-order valence-corrected chi connectivity index (χ2v) is 23.9. The maximum atomic E-state index is 8.67. The molecule has 0 amide bonds. The van der Waals surface area contributed by atoms with E-state index >= 15 is 0 Å². The van der Waals surface area contributed by atoms with Crippen molar-refractivity contribution in [2.45, 2.75) is 77.8 Å². The van der Waals surface area contributed by atoms with Gasteiger partial charge in [-0.15, -0.1) is 0 Å². The molecular weight excluding hydrogens is 576 g/mol. The largest absolute Gasteiger partial charge is 0.542 e. The fraction of sp³-hybridized carbons (Fsp3) is 0.545.